The third-order valence-electron chi connectivity index (χ3n) is 3.37. The van der Waals surface area contributed by atoms with Crippen LogP contribution in [0.3, 0.4) is 0 Å². The fourth-order valence-electron chi connectivity index (χ4n) is 2.06. The Morgan fingerprint density at radius 1 is 1.33 bits per heavy atom. The van der Waals surface area contributed by atoms with Crippen LogP contribution in [-0.4, -0.2) is 68.2 Å². The van der Waals surface area contributed by atoms with Crippen LogP contribution < -0.4 is 0 Å². The lowest BCUT2D eigenvalue weighted by Gasteiger charge is -2.29. The van der Waals surface area contributed by atoms with Gasteiger partial charge in [-0.1, -0.05) is 0 Å². The third kappa shape index (κ3) is 4.55. The van der Waals surface area contributed by atoms with Crippen molar-refractivity contribution in [2.24, 2.45) is 5.92 Å². The van der Waals surface area contributed by atoms with Gasteiger partial charge in [0.2, 0.25) is 10.0 Å². The van der Waals surface area contributed by atoms with E-state index in [0.717, 1.165) is 19.6 Å². The quantitative estimate of drug-likeness (QED) is 0.743. The maximum Gasteiger partial charge on any atom is 0.306 e. The number of hydrogen-bond donors (Lipinski definition) is 1. The lowest BCUT2D eigenvalue weighted by molar-refractivity contribution is -0.143. The average molecular weight is 278 g/mol. The van der Waals surface area contributed by atoms with Crippen molar-refractivity contribution < 1.29 is 18.3 Å². The van der Waals surface area contributed by atoms with Gasteiger partial charge in [0.25, 0.3) is 0 Å². The molecule has 0 unspecified atom stereocenters. The van der Waals surface area contributed by atoms with E-state index in [1.807, 2.05) is 0 Å². The molecule has 1 aliphatic heterocycles. The smallest absolute Gasteiger partial charge is 0.306 e. The molecule has 18 heavy (non-hydrogen) atoms. The molecule has 0 aromatic rings. The van der Waals surface area contributed by atoms with Gasteiger partial charge in [-0.25, -0.2) is 12.7 Å². The normalized spacial score (nSPS) is 19.3. The molecule has 1 rings (SSSR count). The number of sulfonamides is 1. The summed E-state index contributed by atoms with van der Waals surface area (Å²) in [7, 11) is -0.0399. The molecular formula is C11H22N2O4S. The van der Waals surface area contributed by atoms with Gasteiger partial charge in [0.15, 0.2) is 0 Å². The lowest BCUT2D eigenvalue weighted by Crippen LogP contribution is -2.37. The summed E-state index contributed by atoms with van der Waals surface area (Å²) < 4.78 is 24.3. The monoisotopic (exact) mass is 278 g/mol. The summed E-state index contributed by atoms with van der Waals surface area (Å²) in [6.45, 7) is 2.22. The van der Waals surface area contributed by atoms with Gasteiger partial charge in [-0.3, -0.25) is 4.79 Å². The summed E-state index contributed by atoms with van der Waals surface area (Å²) >= 11 is 0. The molecule has 1 N–H and O–H groups in total. The van der Waals surface area contributed by atoms with E-state index >= 15 is 0 Å². The van der Waals surface area contributed by atoms with Gasteiger partial charge in [0, 0.05) is 14.1 Å². The first-order chi connectivity index (χ1) is 8.33. The van der Waals surface area contributed by atoms with Gasteiger partial charge in [0.1, 0.15) is 0 Å². The fourth-order valence-corrected chi connectivity index (χ4v) is 2.92. The highest BCUT2D eigenvalue weighted by atomic mass is 32.2. The van der Waals surface area contributed by atoms with Crippen molar-refractivity contribution >= 4 is 16.0 Å². The molecule has 0 atom stereocenters. The first kappa shape index (κ1) is 15.4. The van der Waals surface area contributed by atoms with Crippen LogP contribution in [0, 0.1) is 5.92 Å². The second-order valence-corrected chi connectivity index (χ2v) is 7.21. The van der Waals surface area contributed by atoms with Crippen LogP contribution >= 0.6 is 0 Å². The van der Waals surface area contributed by atoms with Crippen LogP contribution in [0.4, 0.5) is 0 Å². The molecule has 1 heterocycles. The Morgan fingerprint density at radius 3 is 2.33 bits per heavy atom. The molecule has 0 aromatic carbocycles. The molecule has 0 bridgehead atoms. The predicted octanol–water partition coefficient (Wildman–Crippen LogP) is 0.0645. The molecule has 6 nitrogen and oxygen atoms in total. The Hall–Kier alpha value is -0.660. The highest BCUT2D eigenvalue weighted by molar-refractivity contribution is 7.89. The molecule has 0 saturated carbocycles. The van der Waals surface area contributed by atoms with Gasteiger partial charge < -0.3 is 10.0 Å². The Bertz CT molecular complexity index is 373. The van der Waals surface area contributed by atoms with Crippen molar-refractivity contribution in [3.05, 3.63) is 0 Å². The van der Waals surface area contributed by atoms with Gasteiger partial charge in [-0.2, -0.15) is 0 Å². The molecule has 7 heteroatoms. The highest BCUT2D eigenvalue weighted by Crippen LogP contribution is 2.17. The van der Waals surface area contributed by atoms with Gasteiger partial charge in [0.05, 0.1) is 11.7 Å². The number of hydrogen-bond acceptors (Lipinski definition) is 4. The Labute approximate surface area is 109 Å². The summed E-state index contributed by atoms with van der Waals surface area (Å²) in [6, 6.07) is 0. The van der Waals surface area contributed by atoms with Crippen molar-refractivity contribution in [1.82, 2.24) is 9.21 Å². The van der Waals surface area contributed by atoms with Crippen LogP contribution in [0.25, 0.3) is 0 Å². The average Bonchev–Trinajstić information content (AvgIpc) is 2.29. The molecule has 0 aliphatic carbocycles. The molecular weight excluding hydrogens is 256 g/mol. The number of carboxylic acids is 1. The second kappa shape index (κ2) is 6.49. The van der Waals surface area contributed by atoms with E-state index < -0.39 is 16.0 Å². The van der Waals surface area contributed by atoms with Crippen LogP contribution in [-0.2, 0) is 14.8 Å². The Kier molecular flexibility index (Phi) is 5.55. The van der Waals surface area contributed by atoms with Crippen LogP contribution in [0.15, 0.2) is 0 Å². The molecule has 0 spiro atoms. The summed E-state index contributed by atoms with van der Waals surface area (Å²) in [5.41, 5.74) is 0. The zero-order valence-corrected chi connectivity index (χ0v) is 11.8. The van der Waals surface area contributed by atoms with E-state index in [2.05, 4.69) is 4.90 Å². The van der Waals surface area contributed by atoms with Gasteiger partial charge in [-0.05, 0) is 38.9 Å². The van der Waals surface area contributed by atoms with Crippen molar-refractivity contribution in [3.63, 3.8) is 0 Å². The molecule has 106 valence electrons. The van der Waals surface area contributed by atoms with Crippen molar-refractivity contribution in [2.45, 2.75) is 19.3 Å². The lowest BCUT2D eigenvalue weighted by atomic mass is 9.97. The summed E-state index contributed by atoms with van der Waals surface area (Å²) in [5, 5.41) is 8.86. The van der Waals surface area contributed by atoms with Crippen LogP contribution in [0.1, 0.15) is 19.3 Å². The topological polar surface area (TPSA) is 77.9 Å². The number of nitrogens with zero attached hydrogens (tertiary/aromatic N) is 2. The number of piperidine rings is 1. The zero-order valence-electron chi connectivity index (χ0n) is 11.0. The second-order valence-electron chi connectivity index (χ2n) is 4.91. The zero-order chi connectivity index (χ0) is 13.8. The fraction of sp³-hybridized carbons (Fsp3) is 0.909. The van der Waals surface area contributed by atoms with E-state index in [9.17, 15) is 13.2 Å². The van der Waals surface area contributed by atoms with Gasteiger partial charge in [-0.15, -0.1) is 0 Å². The largest absolute Gasteiger partial charge is 0.481 e. The van der Waals surface area contributed by atoms with E-state index in [1.54, 1.807) is 0 Å². The van der Waals surface area contributed by atoms with E-state index in [-0.39, 0.29) is 11.7 Å². The SMILES string of the molecule is CN(C)S(=O)(=O)CCCN1CCC(C(=O)O)CC1. The number of carboxylic acid groups (broad SMARTS) is 1. The number of aliphatic carboxylic acids is 1. The van der Waals surface area contributed by atoms with E-state index in [1.165, 1.54) is 18.4 Å². The highest BCUT2D eigenvalue weighted by Gasteiger charge is 2.24. The summed E-state index contributed by atoms with van der Waals surface area (Å²) in [4.78, 5) is 12.9. The van der Waals surface area contributed by atoms with E-state index in [4.69, 9.17) is 5.11 Å². The standard InChI is InChI=1S/C11H22N2O4S/c1-12(2)18(16,17)9-3-6-13-7-4-10(5-8-13)11(14)15/h10H,3-9H2,1-2H3,(H,14,15). The van der Waals surface area contributed by atoms with Crippen molar-refractivity contribution in [3.8, 4) is 0 Å². The first-order valence-electron chi connectivity index (χ1n) is 6.18. The maximum atomic E-state index is 11.5. The number of rotatable bonds is 6. The molecule has 0 radical (unpaired) electrons. The molecule has 1 aliphatic rings. The molecule has 0 aromatic heterocycles. The summed E-state index contributed by atoms with van der Waals surface area (Å²) in [5.74, 6) is -0.796. The van der Waals surface area contributed by atoms with Gasteiger partial charge >= 0.3 is 5.97 Å². The predicted molar refractivity (Wildman–Crippen MR) is 68.9 cm³/mol. The number of carbonyl (C=O) groups is 1. The maximum absolute atomic E-state index is 11.5. The minimum Gasteiger partial charge on any atom is -0.481 e. The molecule has 1 fully saturated rings. The number of likely N-dealkylation sites (tertiary alicyclic amines) is 1. The Balaban J connectivity index is 2.25. The third-order valence-corrected chi connectivity index (χ3v) is 5.29. The Morgan fingerprint density at radius 2 is 1.89 bits per heavy atom. The van der Waals surface area contributed by atoms with Crippen molar-refractivity contribution in [2.75, 3.05) is 39.5 Å². The minimum absolute atomic E-state index is 0.152. The molecule has 1 saturated heterocycles. The van der Waals surface area contributed by atoms with E-state index in [0.29, 0.717) is 19.3 Å². The minimum atomic E-state index is -3.11. The summed E-state index contributed by atoms with van der Waals surface area (Å²) in [6.07, 6.45) is 1.92. The van der Waals surface area contributed by atoms with Crippen LogP contribution in [0.5, 0.6) is 0 Å². The molecule has 0 amide bonds. The van der Waals surface area contributed by atoms with Crippen molar-refractivity contribution in [1.29, 1.82) is 0 Å². The van der Waals surface area contributed by atoms with Crippen LogP contribution in [0.2, 0.25) is 0 Å². The first-order valence-corrected chi connectivity index (χ1v) is 7.79.